The van der Waals surface area contributed by atoms with Crippen molar-refractivity contribution in [2.75, 3.05) is 7.11 Å². The predicted octanol–water partition coefficient (Wildman–Crippen LogP) is 3.52. The van der Waals surface area contributed by atoms with Gasteiger partial charge < -0.3 is 9.84 Å². The van der Waals surface area contributed by atoms with Crippen LogP contribution in [0.5, 0.6) is 0 Å². The van der Waals surface area contributed by atoms with E-state index in [-0.39, 0.29) is 11.9 Å². The van der Waals surface area contributed by atoms with Crippen LogP contribution in [0.3, 0.4) is 0 Å². The van der Waals surface area contributed by atoms with Crippen molar-refractivity contribution in [3.8, 4) is 0 Å². The lowest BCUT2D eigenvalue weighted by Gasteiger charge is -2.42. The maximum absolute atomic E-state index is 12.0. The Morgan fingerprint density at radius 2 is 1.81 bits per heavy atom. The quantitative estimate of drug-likeness (QED) is 0.863. The first-order valence-corrected chi connectivity index (χ1v) is 7.83. The van der Waals surface area contributed by atoms with E-state index in [1.807, 2.05) is 19.9 Å². The molecule has 0 radical (unpaired) electrons. The second-order valence-electron chi connectivity index (χ2n) is 6.53. The van der Waals surface area contributed by atoms with Gasteiger partial charge in [-0.25, -0.2) is 0 Å². The fraction of sp³-hybridized carbons (Fsp3) is 0.611. The zero-order chi connectivity index (χ0) is 15.5. The van der Waals surface area contributed by atoms with Gasteiger partial charge in [-0.3, -0.25) is 4.79 Å². The molecular formula is C18H26O3. The van der Waals surface area contributed by atoms with Crippen molar-refractivity contribution in [3.63, 3.8) is 0 Å². The number of carbonyl (C=O) groups excluding carboxylic acids is 1. The molecule has 1 aromatic rings. The first-order valence-electron chi connectivity index (χ1n) is 7.83. The summed E-state index contributed by atoms with van der Waals surface area (Å²) in [5.74, 6) is -0.155. The molecule has 1 aromatic carbocycles. The maximum atomic E-state index is 12.0. The lowest BCUT2D eigenvalue weighted by molar-refractivity contribution is -0.162. The van der Waals surface area contributed by atoms with Crippen LogP contribution < -0.4 is 0 Å². The number of methoxy groups -OCH3 is 1. The van der Waals surface area contributed by atoms with Gasteiger partial charge in [0.15, 0.2) is 0 Å². The Hall–Kier alpha value is -1.35. The lowest BCUT2D eigenvalue weighted by Crippen LogP contribution is -2.47. The topological polar surface area (TPSA) is 46.5 Å². The van der Waals surface area contributed by atoms with Crippen molar-refractivity contribution < 1.29 is 14.6 Å². The minimum atomic E-state index is -0.924. The average molecular weight is 290 g/mol. The zero-order valence-corrected chi connectivity index (χ0v) is 13.2. The van der Waals surface area contributed by atoms with E-state index in [1.54, 1.807) is 0 Å². The molecule has 0 heterocycles. The third-order valence-corrected chi connectivity index (χ3v) is 4.82. The van der Waals surface area contributed by atoms with E-state index in [2.05, 4.69) is 24.3 Å². The molecule has 116 valence electrons. The highest BCUT2D eigenvalue weighted by Crippen LogP contribution is 2.43. The van der Waals surface area contributed by atoms with E-state index >= 15 is 0 Å². The summed E-state index contributed by atoms with van der Waals surface area (Å²) in [4.78, 5) is 12.0. The molecule has 1 unspecified atom stereocenters. The lowest BCUT2D eigenvalue weighted by atomic mass is 9.67. The van der Waals surface area contributed by atoms with E-state index in [0.29, 0.717) is 18.8 Å². The van der Waals surface area contributed by atoms with Gasteiger partial charge in [-0.1, -0.05) is 44.2 Å². The highest BCUT2D eigenvalue weighted by molar-refractivity contribution is 5.74. The molecule has 1 fully saturated rings. The smallest absolute Gasteiger partial charge is 0.311 e. The van der Waals surface area contributed by atoms with Gasteiger partial charge in [0.25, 0.3) is 0 Å². The van der Waals surface area contributed by atoms with Gasteiger partial charge in [0, 0.05) is 0 Å². The Bertz CT molecular complexity index is 459. The Morgan fingerprint density at radius 1 is 1.24 bits per heavy atom. The van der Waals surface area contributed by atoms with Crippen molar-refractivity contribution in [2.24, 2.45) is 11.8 Å². The highest BCUT2D eigenvalue weighted by Gasteiger charge is 2.46. The molecule has 1 atom stereocenters. The minimum absolute atomic E-state index is 0.0794. The summed E-state index contributed by atoms with van der Waals surface area (Å²) in [6.07, 6.45) is 3.15. The van der Waals surface area contributed by atoms with E-state index in [9.17, 15) is 9.90 Å². The molecule has 1 saturated carbocycles. The molecule has 3 heteroatoms. The van der Waals surface area contributed by atoms with Crippen LogP contribution in [0.25, 0.3) is 0 Å². The molecular weight excluding hydrogens is 264 g/mol. The largest absolute Gasteiger partial charge is 0.469 e. The van der Waals surface area contributed by atoms with E-state index in [0.717, 1.165) is 12.8 Å². The van der Waals surface area contributed by atoms with Gasteiger partial charge >= 0.3 is 5.97 Å². The third-order valence-electron chi connectivity index (χ3n) is 4.82. The Labute approximate surface area is 127 Å². The molecule has 1 aliphatic rings. The van der Waals surface area contributed by atoms with E-state index in [4.69, 9.17) is 4.74 Å². The standard InChI is InChI=1S/C18H26O3/c1-13(2)16(17(19)21-3)18(20)11-9-15(10-12-18)14-7-5-4-6-8-14/h4-8,13,15-16,20H,9-12H2,1-3H3. The average Bonchev–Trinajstić information content (AvgIpc) is 2.48. The Kier molecular flexibility index (Phi) is 5.04. The number of hydrogen-bond acceptors (Lipinski definition) is 3. The van der Waals surface area contributed by atoms with Gasteiger partial charge in [0.1, 0.15) is 0 Å². The van der Waals surface area contributed by atoms with Gasteiger partial charge in [-0.15, -0.1) is 0 Å². The molecule has 0 saturated heterocycles. The summed E-state index contributed by atoms with van der Waals surface area (Å²) < 4.78 is 4.90. The minimum Gasteiger partial charge on any atom is -0.469 e. The zero-order valence-electron chi connectivity index (χ0n) is 13.2. The van der Waals surface area contributed by atoms with Crippen molar-refractivity contribution >= 4 is 5.97 Å². The highest BCUT2D eigenvalue weighted by atomic mass is 16.5. The summed E-state index contributed by atoms with van der Waals surface area (Å²) in [5.41, 5.74) is 0.408. The second-order valence-corrected chi connectivity index (χ2v) is 6.53. The number of ether oxygens (including phenoxy) is 1. The monoisotopic (exact) mass is 290 g/mol. The maximum Gasteiger partial charge on any atom is 0.311 e. The number of benzene rings is 1. The van der Waals surface area contributed by atoms with Crippen LogP contribution in [0.15, 0.2) is 30.3 Å². The SMILES string of the molecule is COC(=O)C(C(C)C)C1(O)CCC(c2ccccc2)CC1. The van der Waals surface area contributed by atoms with Gasteiger partial charge in [0.05, 0.1) is 18.6 Å². The molecule has 1 N–H and O–H groups in total. The van der Waals surface area contributed by atoms with Gasteiger partial charge in [0.2, 0.25) is 0 Å². The van der Waals surface area contributed by atoms with E-state index < -0.39 is 11.5 Å². The molecule has 3 nitrogen and oxygen atoms in total. The van der Waals surface area contributed by atoms with Crippen molar-refractivity contribution in [3.05, 3.63) is 35.9 Å². The first kappa shape index (κ1) is 16.0. The molecule has 0 spiro atoms. The second kappa shape index (κ2) is 6.61. The molecule has 0 aliphatic heterocycles. The summed E-state index contributed by atoms with van der Waals surface area (Å²) in [5, 5.41) is 11.0. The molecule has 0 amide bonds. The molecule has 2 rings (SSSR count). The molecule has 0 aromatic heterocycles. The van der Waals surface area contributed by atoms with Crippen LogP contribution in [-0.2, 0) is 9.53 Å². The number of rotatable bonds is 4. The normalized spacial score (nSPS) is 27.4. The van der Waals surface area contributed by atoms with Crippen molar-refractivity contribution in [1.29, 1.82) is 0 Å². The first-order chi connectivity index (χ1) is 9.98. The molecule has 1 aliphatic carbocycles. The number of hydrogen-bond donors (Lipinski definition) is 1. The van der Waals surface area contributed by atoms with Crippen LogP contribution in [0, 0.1) is 11.8 Å². The molecule has 21 heavy (non-hydrogen) atoms. The number of carbonyl (C=O) groups is 1. The number of aliphatic hydroxyl groups is 1. The van der Waals surface area contributed by atoms with Crippen LogP contribution in [-0.4, -0.2) is 23.8 Å². The number of esters is 1. The molecule has 0 bridgehead atoms. The summed E-state index contributed by atoms with van der Waals surface area (Å²) in [6.45, 7) is 3.95. The predicted molar refractivity (Wildman–Crippen MR) is 82.9 cm³/mol. The fourth-order valence-corrected chi connectivity index (χ4v) is 3.73. The van der Waals surface area contributed by atoms with Crippen molar-refractivity contribution in [1.82, 2.24) is 0 Å². The fourth-order valence-electron chi connectivity index (χ4n) is 3.73. The summed E-state index contributed by atoms with van der Waals surface area (Å²) >= 11 is 0. The van der Waals surface area contributed by atoms with Gasteiger partial charge in [-0.05, 0) is 43.1 Å². The summed E-state index contributed by atoms with van der Waals surface area (Å²) in [6, 6.07) is 10.4. The Morgan fingerprint density at radius 3 is 2.29 bits per heavy atom. The van der Waals surface area contributed by atoms with Crippen molar-refractivity contribution in [2.45, 2.75) is 51.0 Å². The van der Waals surface area contributed by atoms with Crippen LogP contribution in [0.4, 0.5) is 0 Å². The summed E-state index contributed by atoms with van der Waals surface area (Å²) in [7, 11) is 1.40. The van der Waals surface area contributed by atoms with E-state index in [1.165, 1.54) is 12.7 Å². The third kappa shape index (κ3) is 3.46. The van der Waals surface area contributed by atoms with Crippen LogP contribution in [0.2, 0.25) is 0 Å². The Balaban J connectivity index is 2.08. The van der Waals surface area contributed by atoms with Gasteiger partial charge in [-0.2, -0.15) is 0 Å². The van der Waals surface area contributed by atoms with Crippen LogP contribution >= 0.6 is 0 Å². The van der Waals surface area contributed by atoms with Crippen LogP contribution in [0.1, 0.15) is 51.0 Å².